The van der Waals surface area contributed by atoms with Gasteiger partial charge in [-0.05, 0) is 20.8 Å². The first kappa shape index (κ1) is 16.0. The maximum Gasteiger partial charge on any atom is 0.111 e. The molecule has 114 valence electrons. The summed E-state index contributed by atoms with van der Waals surface area (Å²) in [6.45, 7) is 10.5. The number of aliphatic imine (C=N–C) groups is 1. The van der Waals surface area contributed by atoms with Gasteiger partial charge in [0.15, 0.2) is 0 Å². The van der Waals surface area contributed by atoms with E-state index in [4.69, 9.17) is 9.73 Å². The first-order valence-corrected chi connectivity index (χ1v) is 7.48. The Hall–Kier alpha value is -2.35. The molecule has 0 spiro atoms. The number of hydrogen-bond acceptors (Lipinski definition) is 2. The third-order valence-corrected chi connectivity index (χ3v) is 2.96. The predicted octanol–water partition coefficient (Wildman–Crippen LogP) is 4.85. The number of nitrogens with zero attached hydrogens (tertiary/aromatic N) is 1. The fourth-order valence-corrected chi connectivity index (χ4v) is 2.17. The molecule has 0 heterocycles. The lowest BCUT2D eigenvalue weighted by Crippen LogP contribution is -2.19. The summed E-state index contributed by atoms with van der Waals surface area (Å²) in [5.74, 6) is 0.678. The predicted molar refractivity (Wildman–Crippen MR) is 93.4 cm³/mol. The smallest absolute Gasteiger partial charge is 0.111 e. The summed E-state index contributed by atoms with van der Waals surface area (Å²) < 4.78 is 5.76. The minimum Gasteiger partial charge on any atom is -0.491 e. The van der Waals surface area contributed by atoms with Gasteiger partial charge in [-0.1, -0.05) is 67.2 Å². The summed E-state index contributed by atoms with van der Waals surface area (Å²) in [7, 11) is 0. The molecule has 0 unspecified atom stereocenters. The van der Waals surface area contributed by atoms with Gasteiger partial charge >= 0.3 is 0 Å². The maximum absolute atomic E-state index is 5.76. The lowest BCUT2D eigenvalue weighted by molar-refractivity contribution is 0.0521. The van der Waals surface area contributed by atoms with Gasteiger partial charge in [0.1, 0.15) is 11.4 Å². The van der Waals surface area contributed by atoms with Crippen molar-refractivity contribution < 1.29 is 4.74 Å². The Labute approximate surface area is 133 Å². The van der Waals surface area contributed by atoms with E-state index in [1.54, 1.807) is 0 Å². The topological polar surface area (TPSA) is 21.6 Å². The average Bonchev–Trinajstić information content (AvgIpc) is 2.48. The van der Waals surface area contributed by atoms with Crippen molar-refractivity contribution in [3.63, 3.8) is 0 Å². The maximum atomic E-state index is 5.76. The van der Waals surface area contributed by atoms with Crippen molar-refractivity contribution >= 4 is 5.71 Å². The molecule has 2 aromatic carbocycles. The van der Waals surface area contributed by atoms with Crippen LogP contribution in [0.1, 0.15) is 31.9 Å². The molecule has 2 nitrogen and oxygen atoms in total. The van der Waals surface area contributed by atoms with Crippen LogP contribution in [0.15, 0.2) is 78.0 Å². The summed E-state index contributed by atoms with van der Waals surface area (Å²) in [5, 5.41) is 0. The van der Waals surface area contributed by atoms with Gasteiger partial charge in [-0.25, -0.2) is 0 Å². The van der Waals surface area contributed by atoms with Gasteiger partial charge < -0.3 is 4.74 Å². The summed E-state index contributed by atoms with van der Waals surface area (Å²) in [5.41, 5.74) is 2.90. The second kappa shape index (κ2) is 7.08. The van der Waals surface area contributed by atoms with Crippen LogP contribution in [0, 0.1) is 0 Å². The number of rotatable bonds is 5. The monoisotopic (exact) mass is 293 g/mol. The molecule has 0 saturated heterocycles. The largest absolute Gasteiger partial charge is 0.491 e. The average molecular weight is 293 g/mol. The third-order valence-electron chi connectivity index (χ3n) is 2.96. The van der Waals surface area contributed by atoms with Crippen LogP contribution in [0.4, 0.5) is 0 Å². The van der Waals surface area contributed by atoms with Crippen LogP contribution in [0.25, 0.3) is 0 Å². The van der Waals surface area contributed by atoms with Crippen LogP contribution in [-0.4, -0.2) is 17.9 Å². The Bertz CT molecular complexity index is 595. The van der Waals surface area contributed by atoms with Crippen LogP contribution in [0.2, 0.25) is 0 Å². The zero-order chi connectivity index (χ0) is 16.0. The first-order chi connectivity index (χ1) is 10.5. The fraction of sp³-hybridized carbons (Fsp3) is 0.250. The highest BCUT2D eigenvalue weighted by atomic mass is 16.5. The third kappa shape index (κ3) is 4.88. The van der Waals surface area contributed by atoms with Crippen molar-refractivity contribution in [3.05, 3.63) is 84.1 Å². The van der Waals surface area contributed by atoms with Gasteiger partial charge in [-0.2, -0.15) is 0 Å². The highest BCUT2D eigenvalue weighted by Gasteiger charge is 2.12. The molecule has 22 heavy (non-hydrogen) atoms. The Morgan fingerprint density at radius 3 is 1.77 bits per heavy atom. The summed E-state index contributed by atoms with van der Waals surface area (Å²) >= 11 is 0. The SMILES string of the molecule is C=C(CN=C(c1ccccc1)c1ccccc1)OC(C)(C)C. The molecule has 2 heteroatoms. The molecule has 0 bridgehead atoms. The van der Waals surface area contributed by atoms with Crippen LogP contribution in [-0.2, 0) is 4.74 Å². The van der Waals surface area contributed by atoms with Crippen molar-refractivity contribution in [3.8, 4) is 0 Å². The molecule has 0 amide bonds. The molecule has 0 aromatic heterocycles. The number of hydrogen-bond donors (Lipinski definition) is 0. The van der Waals surface area contributed by atoms with Gasteiger partial charge in [0.25, 0.3) is 0 Å². The van der Waals surface area contributed by atoms with E-state index in [0.717, 1.165) is 16.8 Å². The van der Waals surface area contributed by atoms with Crippen LogP contribution in [0.5, 0.6) is 0 Å². The summed E-state index contributed by atoms with van der Waals surface area (Å²) in [6.07, 6.45) is 0. The van der Waals surface area contributed by atoms with E-state index in [1.807, 2.05) is 57.2 Å². The molecule has 2 aromatic rings. The van der Waals surface area contributed by atoms with E-state index < -0.39 is 0 Å². The van der Waals surface area contributed by atoms with E-state index in [0.29, 0.717) is 12.3 Å². The van der Waals surface area contributed by atoms with Crippen LogP contribution < -0.4 is 0 Å². The van der Waals surface area contributed by atoms with Crippen molar-refractivity contribution in [2.75, 3.05) is 6.54 Å². The normalized spacial score (nSPS) is 10.9. The van der Waals surface area contributed by atoms with E-state index in [1.165, 1.54) is 0 Å². The van der Waals surface area contributed by atoms with Crippen LogP contribution in [0.3, 0.4) is 0 Å². The van der Waals surface area contributed by atoms with Crippen molar-refractivity contribution in [1.29, 1.82) is 0 Å². The zero-order valence-corrected chi connectivity index (χ0v) is 13.5. The molecule has 0 fully saturated rings. The molecule has 0 aliphatic heterocycles. The number of ether oxygens (including phenoxy) is 1. The Morgan fingerprint density at radius 2 is 1.36 bits per heavy atom. The van der Waals surface area contributed by atoms with E-state index in [2.05, 4.69) is 30.8 Å². The molecular weight excluding hydrogens is 270 g/mol. The molecule has 0 aliphatic carbocycles. The van der Waals surface area contributed by atoms with Gasteiger partial charge in [-0.3, -0.25) is 4.99 Å². The van der Waals surface area contributed by atoms with Gasteiger partial charge in [-0.15, -0.1) is 0 Å². The second-order valence-corrected chi connectivity index (χ2v) is 6.15. The molecular formula is C20H23NO. The first-order valence-electron chi connectivity index (χ1n) is 7.48. The standard InChI is InChI=1S/C20H23NO/c1-16(22-20(2,3)4)15-21-19(17-11-7-5-8-12-17)18-13-9-6-10-14-18/h5-14H,1,15H2,2-4H3. The van der Waals surface area contributed by atoms with Gasteiger partial charge in [0, 0.05) is 11.1 Å². The molecule has 2 rings (SSSR count). The van der Waals surface area contributed by atoms with Crippen molar-refractivity contribution in [1.82, 2.24) is 0 Å². The molecule has 0 atom stereocenters. The van der Waals surface area contributed by atoms with Gasteiger partial charge in [0.2, 0.25) is 0 Å². The molecule has 0 aliphatic rings. The Morgan fingerprint density at radius 1 is 0.909 bits per heavy atom. The highest BCUT2D eigenvalue weighted by Crippen LogP contribution is 2.15. The fourth-order valence-electron chi connectivity index (χ4n) is 2.17. The minimum absolute atomic E-state index is 0.244. The minimum atomic E-state index is -0.244. The summed E-state index contributed by atoms with van der Waals surface area (Å²) in [4.78, 5) is 4.74. The summed E-state index contributed by atoms with van der Waals surface area (Å²) in [6, 6.07) is 20.4. The molecule has 0 N–H and O–H groups in total. The Kier molecular flexibility index (Phi) is 5.16. The van der Waals surface area contributed by atoms with E-state index in [-0.39, 0.29) is 5.60 Å². The second-order valence-electron chi connectivity index (χ2n) is 6.15. The van der Waals surface area contributed by atoms with Crippen molar-refractivity contribution in [2.24, 2.45) is 4.99 Å². The lowest BCUT2D eigenvalue weighted by atomic mass is 10.0. The molecule has 0 radical (unpaired) electrons. The van der Waals surface area contributed by atoms with Crippen LogP contribution >= 0.6 is 0 Å². The number of benzene rings is 2. The van der Waals surface area contributed by atoms with Gasteiger partial charge in [0.05, 0.1) is 12.3 Å². The lowest BCUT2D eigenvalue weighted by Gasteiger charge is -2.22. The van der Waals surface area contributed by atoms with Crippen molar-refractivity contribution in [2.45, 2.75) is 26.4 Å². The van der Waals surface area contributed by atoms with E-state index in [9.17, 15) is 0 Å². The van der Waals surface area contributed by atoms with E-state index >= 15 is 0 Å². The molecule has 0 saturated carbocycles. The Balaban J connectivity index is 2.26. The zero-order valence-electron chi connectivity index (χ0n) is 13.5. The quantitative estimate of drug-likeness (QED) is 0.570. The highest BCUT2D eigenvalue weighted by molar-refractivity contribution is 6.12.